The van der Waals surface area contributed by atoms with Crippen LogP contribution >= 0.6 is 0 Å². The van der Waals surface area contributed by atoms with Crippen molar-refractivity contribution in [3.63, 3.8) is 0 Å². The Bertz CT molecular complexity index is 492. The van der Waals surface area contributed by atoms with Crippen LogP contribution in [-0.4, -0.2) is 25.9 Å². The first-order chi connectivity index (χ1) is 6.66. The first kappa shape index (κ1) is 8.42. The molecule has 2 aromatic heterocycles. The fourth-order valence-corrected chi connectivity index (χ4v) is 1.01. The van der Waals surface area contributed by atoms with Crippen LogP contribution in [0.4, 0.5) is 5.82 Å². The number of rotatable bonds is 1. The maximum atomic E-state index is 10.6. The van der Waals surface area contributed by atoms with E-state index >= 15 is 0 Å². The summed E-state index contributed by atoms with van der Waals surface area (Å²) in [6.45, 7) is 1.28. The molecule has 0 atom stereocenters. The Hall–Kier alpha value is -2.18. The van der Waals surface area contributed by atoms with E-state index in [0.717, 1.165) is 0 Å². The van der Waals surface area contributed by atoms with E-state index in [1.165, 1.54) is 13.3 Å². The van der Waals surface area contributed by atoms with Crippen LogP contribution in [0.1, 0.15) is 6.92 Å². The molecule has 2 aromatic rings. The zero-order valence-corrected chi connectivity index (χ0v) is 7.31. The number of nitrogens with zero attached hydrogens (tertiary/aromatic N) is 3. The molecule has 7 nitrogen and oxygen atoms in total. The SMILES string of the molecule is CC(=O)Oc1nc2ncnc(N)c2[nH]1. The topological polar surface area (TPSA) is 107 Å². The van der Waals surface area contributed by atoms with Crippen LogP contribution in [0.5, 0.6) is 6.01 Å². The van der Waals surface area contributed by atoms with Crippen LogP contribution in [0.3, 0.4) is 0 Å². The fourth-order valence-electron chi connectivity index (χ4n) is 1.01. The number of fused-ring (bicyclic) bond motifs is 1. The summed E-state index contributed by atoms with van der Waals surface area (Å²) in [5.41, 5.74) is 6.37. The lowest BCUT2D eigenvalue weighted by molar-refractivity contribution is -0.132. The highest BCUT2D eigenvalue weighted by Crippen LogP contribution is 2.16. The Labute approximate surface area is 78.3 Å². The number of anilines is 1. The molecule has 2 heterocycles. The van der Waals surface area contributed by atoms with Crippen molar-refractivity contribution in [1.82, 2.24) is 19.9 Å². The van der Waals surface area contributed by atoms with Crippen LogP contribution in [0.25, 0.3) is 11.2 Å². The lowest BCUT2D eigenvalue weighted by atomic mass is 10.5. The Kier molecular flexibility index (Phi) is 1.77. The van der Waals surface area contributed by atoms with Gasteiger partial charge >= 0.3 is 12.0 Å². The van der Waals surface area contributed by atoms with Crippen molar-refractivity contribution in [1.29, 1.82) is 0 Å². The van der Waals surface area contributed by atoms with Gasteiger partial charge in [0, 0.05) is 6.92 Å². The summed E-state index contributed by atoms with van der Waals surface area (Å²) in [6.07, 6.45) is 1.29. The van der Waals surface area contributed by atoms with Gasteiger partial charge in [0.1, 0.15) is 11.8 Å². The third kappa shape index (κ3) is 1.35. The Morgan fingerprint density at radius 2 is 2.36 bits per heavy atom. The summed E-state index contributed by atoms with van der Waals surface area (Å²) < 4.78 is 4.73. The van der Waals surface area contributed by atoms with E-state index in [0.29, 0.717) is 11.2 Å². The highest BCUT2D eigenvalue weighted by Gasteiger charge is 2.09. The second-order valence-corrected chi connectivity index (χ2v) is 2.59. The van der Waals surface area contributed by atoms with E-state index in [1.807, 2.05) is 0 Å². The molecule has 2 rings (SSSR count). The molecule has 0 radical (unpaired) electrons. The number of carbonyl (C=O) groups is 1. The third-order valence-electron chi connectivity index (χ3n) is 1.54. The standard InChI is InChI=1S/C7H7N5O2/c1-3(13)14-7-11-4-5(8)9-2-10-6(4)12-7/h2H,1H3,(H3,8,9,10,11,12). The lowest BCUT2D eigenvalue weighted by Crippen LogP contribution is -2.02. The maximum absolute atomic E-state index is 10.6. The fraction of sp³-hybridized carbons (Fsp3) is 0.143. The molecule has 0 unspecified atom stereocenters. The Morgan fingerprint density at radius 1 is 1.57 bits per heavy atom. The number of aromatic amines is 1. The number of ether oxygens (including phenoxy) is 1. The molecule has 3 N–H and O–H groups in total. The number of imidazole rings is 1. The van der Waals surface area contributed by atoms with E-state index < -0.39 is 5.97 Å². The summed E-state index contributed by atoms with van der Waals surface area (Å²) in [5.74, 6) is -0.198. The van der Waals surface area contributed by atoms with Crippen molar-refractivity contribution in [2.45, 2.75) is 6.92 Å². The number of hydrogen-bond donors (Lipinski definition) is 2. The maximum Gasteiger partial charge on any atom is 0.310 e. The van der Waals surface area contributed by atoms with Gasteiger partial charge in [0.15, 0.2) is 11.5 Å². The molecule has 14 heavy (non-hydrogen) atoms. The van der Waals surface area contributed by atoms with Crippen molar-refractivity contribution in [3.05, 3.63) is 6.33 Å². The van der Waals surface area contributed by atoms with Crippen molar-refractivity contribution >= 4 is 23.0 Å². The van der Waals surface area contributed by atoms with E-state index in [-0.39, 0.29) is 11.8 Å². The van der Waals surface area contributed by atoms with Crippen molar-refractivity contribution in [3.8, 4) is 6.01 Å². The number of nitrogens with two attached hydrogens (primary N) is 1. The van der Waals surface area contributed by atoms with Gasteiger partial charge in [-0.05, 0) is 0 Å². The highest BCUT2D eigenvalue weighted by atomic mass is 16.5. The number of aromatic nitrogens is 4. The summed E-state index contributed by atoms with van der Waals surface area (Å²) in [5, 5.41) is 0. The van der Waals surface area contributed by atoms with Gasteiger partial charge in [0.05, 0.1) is 0 Å². The second kappa shape index (κ2) is 2.95. The molecule has 0 fully saturated rings. The lowest BCUT2D eigenvalue weighted by Gasteiger charge is -1.92. The van der Waals surface area contributed by atoms with Gasteiger partial charge in [0.25, 0.3) is 0 Å². The average molecular weight is 193 g/mol. The number of esters is 1. The van der Waals surface area contributed by atoms with Gasteiger partial charge < -0.3 is 15.5 Å². The van der Waals surface area contributed by atoms with Crippen LogP contribution < -0.4 is 10.5 Å². The predicted molar refractivity (Wildman–Crippen MR) is 47.4 cm³/mol. The summed E-state index contributed by atoms with van der Waals surface area (Å²) in [7, 11) is 0. The quantitative estimate of drug-likeness (QED) is 0.610. The predicted octanol–water partition coefficient (Wildman–Crippen LogP) is -0.140. The van der Waals surface area contributed by atoms with Gasteiger partial charge in [-0.25, -0.2) is 9.97 Å². The summed E-state index contributed by atoms with van der Waals surface area (Å²) in [4.78, 5) is 24.8. The zero-order chi connectivity index (χ0) is 10.1. The molecule has 0 aromatic carbocycles. The van der Waals surface area contributed by atoms with Gasteiger partial charge in [-0.2, -0.15) is 4.98 Å². The Balaban J connectivity index is 2.51. The largest absolute Gasteiger partial charge is 0.392 e. The smallest absolute Gasteiger partial charge is 0.310 e. The molecule has 0 saturated heterocycles. The average Bonchev–Trinajstić information content (AvgIpc) is 2.47. The Morgan fingerprint density at radius 3 is 3.00 bits per heavy atom. The van der Waals surface area contributed by atoms with Crippen LogP contribution in [0.2, 0.25) is 0 Å². The molecule has 0 amide bonds. The molecule has 0 saturated carbocycles. The molecule has 0 bridgehead atoms. The first-order valence-corrected chi connectivity index (χ1v) is 3.81. The summed E-state index contributed by atoms with van der Waals surface area (Å²) >= 11 is 0. The van der Waals surface area contributed by atoms with Gasteiger partial charge in [-0.15, -0.1) is 0 Å². The number of nitrogen functional groups attached to an aromatic ring is 1. The molecular formula is C7H7N5O2. The van der Waals surface area contributed by atoms with Gasteiger partial charge in [-0.3, -0.25) is 4.79 Å². The highest BCUT2D eigenvalue weighted by molar-refractivity contribution is 5.82. The minimum absolute atomic E-state index is 0.0692. The normalized spacial score (nSPS) is 10.4. The van der Waals surface area contributed by atoms with Crippen molar-refractivity contribution in [2.24, 2.45) is 0 Å². The van der Waals surface area contributed by atoms with E-state index in [1.54, 1.807) is 0 Å². The zero-order valence-electron chi connectivity index (χ0n) is 7.31. The molecular weight excluding hydrogens is 186 g/mol. The summed E-state index contributed by atoms with van der Waals surface area (Å²) in [6, 6.07) is 0.0692. The monoisotopic (exact) mass is 193 g/mol. The minimum atomic E-state index is -0.462. The number of H-pyrrole nitrogens is 1. The molecule has 72 valence electrons. The van der Waals surface area contributed by atoms with E-state index in [9.17, 15) is 4.79 Å². The van der Waals surface area contributed by atoms with E-state index in [4.69, 9.17) is 10.5 Å². The molecule has 0 aliphatic heterocycles. The van der Waals surface area contributed by atoms with Crippen molar-refractivity contribution < 1.29 is 9.53 Å². The molecule has 7 heteroatoms. The van der Waals surface area contributed by atoms with Crippen LogP contribution in [0, 0.1) is 0 Å². The second-order valence-electron chi connectivity index (χ2n) is 2.59. The van der Waals surface area contributed by atoms with Gasteiger partial charge in [0.2, 0.25) is 0 Å². The molecule has 0 aliphatic carbocycles. The third-order valence-corrected chi connectivity index (χ3v) is 1.54. The molecule has 0 spiro atoms. The van der Waals surface area contributed by atoms with Gasteiger partial charge in [-0.1, -0.05) is 0 Å². The number of carbonyl (C=O) groups excluding carboxylic acids is 1. The first-order valence-electron chi connectivity index (χ1n) is 3.81. The molecule has 0 aliphatic rings. The van der Waals surface area contributed by atoms with E-state index in [2.05, 4.69) is 19.9 Å². The number of hydrogen-bond acceptors (Lipinski definition) is 6. The van der Waals surface area contributed by atoms with Crippen LogP contribution in [-0.2, 0) is 4.79 Å². The van der Waals surface area contributed by atoms with Crippen LogP contribution in [0.15, 0.2) is 6.33 Å². The number of nitrogens with one attached hydrogen (secondary N) is 1. The minimum Gasteiger partial charge on any atom is -0.392 e. The van der Waals surface area contributed by atoms with Crippen molar-refractivity contribution in [2.75, 3.05) is 5.73 Å².